The van der Waals surface area contributed by atoms with Gasteiger partial charge < -0.3 is 29.7 Å². The van der Waals surface area contributed by atoms with Gasteiger partial charge in [-0.2, -0.15) is 0 Å². The molecule has 0 saturated heterocycles. The van der Waals surface area contributed by atoms with Gasteiger partial charge in [-0.15, -0.1) is 0 Å². The number of nitrogens with zero attached hydrogens (tertiary/aromatic N) is 5. The Bertz CT molecular complexity index is 1050. The van der Waals surface area contributed by atoms with Crippen LogP contribution < -0.4 is 15.0 Å². The fraction of sp³-hybridized carbons (Fsp3) is 0.519. The van der Waals surface area contributed by atoms with Crippen molar-refractivity contribution in [2.75, 3.05) is 58.5 Å². The third kappa shape index (κ3) is 6.81. The van der Waals surface area contributed by atoms with Crippen molar-refractivity contribution in [1.82, 2.24) is 20.2 Å². The summed E-state index contributed by atoms with van der Waals surface area (Å²) < 4.78 is 11.1. The van der Waals surface area contributed by atoms with Gasteiger partial charge >= 0.3 is 0 Å². The van der Waals surface area contributed by atoms with E-state index in [1.165, 1.54) is 5.57 Å². The first-order valence-corrected chi connectivity index (χ1v) is 12.6. The second-order valence-electron chi connectivity index (χ2n) is 9.15. The van der Waals surface area contributed by atoms with Crippen molar-refractivity contribution in [3.8, 4) is 17.1 Å². The number of hydrogen-bond acceptors (Lipinski definition) is 9. The molecule has 1 aliphatic heterocycles. The fourth-order valence-corrected chi connectivity index (χ4v) is 4.00. The number of amidine groups is 1. The lowest BCUT2D eigenvalue weighted by Gasteiger charge is -2.37. The molecule has 0 amide bonds. The molecule has 0 saturated carbocycles. The standard InChI is InChI=1S/C27H40N6O3/c1-7-13-36-14-12-33-24-15-22(21-8-9-25(35-6)30-16-21)29-17-23(24)31-27(26(33)19(2)3)32(5)11-10-28-20(4)18-34/h8-9,15-17,20,28,34H,7,10-14,18H2,1-6H3/t20-/m1/s1. The normalized spacial score (nSPS) is 13.8. The number of anilines is 1. The van der Waals surface area contributed by atoms with E-state index in [0.717, 1.165) is 60.3 Å². The topological polar surface area (TPSA) is 95.3 Å². The summed E-state index contributed by atoms with van der Waals surface area (Å²) >= 11 is 0. The Morgan fingerprint density at radius 1 is 1.19 bits per heavy atom. The summed E-state index contributed by atoms with van der Waals surface area (Å²) in [5.41, 5.74) is 5.80. The van der Waals surface area contributed by atoms with E-state index in [1.54, 1.807) is 13.3 Å². The molecule has 0 radical (unpaired) electrons. The van der Waals surface area contributed by atoms with E-state index in [0.29, 0.717) is 19.0 Å². The zero-order valence-electron chi connectivity index (χ0n) is 22.4. The van der Waals surface area contributed by atoms with Gasteiger partial charge in [-0.1, -0.05) is 6.92 Å². The number of fused-ring (bicyclic) bond motifs is 1. The summed E-state index contributed by atoms with van der Waals surface area (Å²) in [4.78, 5) is 18.5. The van der Waals surface area contributed by atoms with Gasteiger partial charge in [0.15, 0.2) is 5.84 Å². The van der Waals surface area contributed by atoms with Gasteiger partial charge in [0.05, 0.1) is 43.6 Å². The van der Waals surface area contributed by atoms with Crippen LogP contribution in [0.25, 0.3) is 11.3 Å². The van der Waals surface area contributed by atoms with Crippen LogP contribution in [0.2, 0.25) is 0 Å². The summed E-state index contributed by atoms with van der Waals surface area (Å²) in [5, 5.41) is 12.7. The van der Waals surface area contributed by atoms with Crippen molar-refractivity contribution in [3.05, 3.63) is 41.9 Å². The molecule has 2 N–H and O–H groups in total. The third-order valence-electron chi connectivity index (χ3n) is 5.96. The molecule has 0 unspecified atom stereocenters. The number of aliphatic hydroxyl groups excluding tert-OH is 1. The Kier molecular flexibility index (Phi) is 10.2. The van der Waals surface area contributed by atoms with Crippen LogP contribution in [0, 0.1) is 0 Å². The van der Waals surface area contributed by atoms with E-state index in [2.05, 4.69) is 54.0 Å². The molecular weight excluding hydrogens is 456 g/mol. The molecule has 9 nitrogen and oxygen atoms in total. The van der Waals surface area contributed by atoms with Gasteiger partial charge in [0, 0.05) is 57.2 Å². The van der Waals surface area contributed by atoms with Crippen LogP contribution >= 0.6 is 0 Å². The number of methoxy groups -OCH3 is 1. The lowest BCUT2D eigenvalue weighted by Crippen LogP contribution is -2.44. The highest BCUT2D eigenvalue weighted by Crippen LogP contribution is 2.39. The SMILES string of the molecule is CCCOCCN1C(=C(C)C)C(N(C)CCN[C@H](C)CO)=Nc2cnc(-c3ccc(OC)nc3)cc21. The lowest BCUT2D eigenvalue weighted by molar-refractivity contribution is 0.142. The Morgan fingerprint density at radius 3 is 2.64 bits per heavy atom. The van der Waals surface area contributed by atoms with Crippen molar-refractivity contribution in [2.45, 2.75) is 40.2 Å². The number of nitrogens with one attached hydrogen (secondary N) is 1. The quantitative estimate of drug-likeness (QED) is 0.430. The number of ether oxygens (including phenoxy) is 2. The Labute approximate surface area is 214 Å². The van der Waals surface area contributed by atoms with Gasteiger partial charge in [0.25, 0.3) is 0 Å². The third-order valence-corrected chi connectivity index (χ3v) is 5.96. The first-order valence-electron chi connectivity index (χ1n) is 12.6. The van der Waals surface area contributed by atoms with Crippen molar-refractivity contribution in [2.24, 2.45) is 4.99 Å². The van der Waals surface area contributed by atoms with Gasteiger partial charge in [-0.3, -0.25) is 4.98 Å². The van der Waals surface area contributed by atoms with Crippen LogP contribution in [0.3, 0.4) is 0 Å². The molecule has 9 heteroatoms. The molecule has 0 aromatic carbocycles. The van der Waals surface area contributed by atoms with Crippen LogP contribution in [0.4, 0.5) is 11.4 Å². The first-order chi connectivity index (χ1) is 17.4. The molecule has 2 aromatic heterocycles. The number of aliphatic hydroxyl groups is 1. The maximum atomic E-state index is 9.32. The van der Waals surface area contributed by atoms with Crippen molar-refractivity contribution >= 4 is 17.2 Å². The van der Waals surface area contributed by atoms with Crippen molar-refractivity contribution in [3.63, 3.8) is 0 Å². The Morgan fingerprint density at radius 2 is 2.00 bits per heavy atom. The average Bonchev–Trinajstić information content (AvgIpc) is 2.89. The highest BCUT2D eigenvalue weighted by atomic mass is 16.5. The molecule has 0 aliphatic carbocycles. The predicted molar refractivity (Wildman–Crippen MR) is 145 cm³/mol. The molecule has 0 fully saturated rings. The fourth-order valence-electron chi connectivity index (χ4n) is 4.00. The Hall–Kier alpha value is -3.01. The van der Waals surface area contributed by atoms with Crippen LogP contribution in [0.15, 0.2) is 46.9 Å². The highest BCUT2D eigenvalue weighted by molar-refractivity contribution is 6.07. The van der Waals surface area contributed by atoms with Gasteiger partial charge in [0.1, 0.15) is 5.69 Å². The van der Waals surface area contributed by atoms with E-state index in [1.807, 2.05) is 25.3 Å². The molecule has 1 atom stereocenters. The highest BCUT2D eigenvalue weighted by Gasteiger charge is 2.29. The summed E-state index contributed by atoms with van der Waals surface area (Å²) in [6, 6.07) is 5.93. The second-order valence-corrected chi connectivity index (χ2v) is 9.15. The zero-order chi connectivity index (χ0) is 26.1. The zero-order valence-corrected chi connectivity index (χ0v) is 22.4. The number of likely N-dealkylation sites (N-methyl/N-ethyl adjacent to an activating group) is 1. The molecule has 196 valence electrons. The smallest absolute Gasteiger partial charge is 0.212 e. The summed E-state index contributed by atoms with van der Waals surface area (Å²) in [6.07, 6.45) is 4.59. The van der Waals surface area contributed by atoms with E-state index >= 15 is 0 Å². The molecule has 3 heterocycles. The Balaban J connectivity index is 1.98. The van der Waals surface area contributed by atoms with Crippen LogP contribution in [-0.2, 0) is 4.74 Å². The second kappa shape index (κ2) is 13.3. The molecule has 3 rings (SSSR count). The maximum Gasteiger partial charge on any atom is 0.212 e. The molecule has 36 heavy (non-hydrogen) atoms. The minimum atomic E-state index is 0.0534. The molecule has 0 spiro atoms. The summed E-state index contributed by atoms with van der Waals surface area (Å²) in [5.74, 6) is 1.47. The largest absolute Gasteiger partial charge is 0.481 e. The number of aliphatic imine (C=N–C) groups is 1. The first kappa shape index (κ1) is 27.6. The molecular formula is C27H40N6O3. The van der Waals surface area contributed by atoms with E-state index in [4.69, 9.17) is 19.5 Å². The maximum absolute atomic E-state index is 9.32. The van der Waals surface area contributed by atoms with Crippen LogP contribution in [0.5, 0.6) is 5.88 Å². The summed E-state index contributed by atoms with van der Waals surface area (Å²) in [7, 11) is 3.66. The summed E-state index contributed by atoms with van der Waals surface area (Å²) in [6.45, 7) is 12.0. The van der Waals surface area contributed by atoms with Gasteiger partial charge in [-0.05, 0) is 44.9 Å². The van der Waals surface area contributed by atoms with Crippen LogP contribution in [-0.4, -0.2) is 85.5 Å². The molecule has 1 aliphatic rings. The van der Waals surface area contributed by atoms with Gasteiger partial charge in [-0.25, -0.2) is 9.98 Å². The molecule has 0 bridgehead atoms. The van der Waals surface area contributed by atoms with Crippen molar-refractivity contribution < 1.29 is 14.6 Å². The van der Waals surface area contributed by atoms with Crippen molar-refractivity contribution in [1.29, 1.82) is 0 Å². The predicted octanol–water partition coefficient (Wildman–Crippen LogP) is 3.62. The van der Waals surface area contributed by atoms with Crippen LogP contribution in [0.1, 0.15) is 34.1 Å². The van der Waals surface area contributed by atoms with E-state index < -0.39 is 0 Å². The number of hydrogen-bond donors (Lipinski definition) is 2. The molecule has 2 aromatic rings. The number of allylic oxidation sites excluding steroid dienone is 1. The van der Waals surface area contributed by atoms with E-state index in [9.17, 15) is 5.11 Å². The number of rotatable bonds is 12. The minimum Gasteiger partial charge on any atom is -0.481 e. The number of aromatic nitrogens is 2. The number of pyridine rings is 2. The average molecular weight is 497 g/mol. The van der Waals surface area contributed by atoms with Gasteiger partial charge in [0.2, 0.25) is 5.88 Å². The minimum absolute atomic E-state index is 0.0534. The monoisotopic (exact) mass is 496 g/mol. The lowest BCUT2D eigenvalue weighted by atomic mass is 10.1. The van der Waals surface area contributed by atoms with E-state index in [-0.39, 0.29) is 12.6 Å².